The molecule has 0 aromatic heterocycles. The lowest BCUT2D eigenvalue weighted by molar-refractivity contribution is 0.332. The highest BCUT2D eigenvalue weighted by Crippen LogP contribution is 2.23. The van der Waals surface area contributed by atoms with E-state index in [9.17, 15) is 4.39 Å². The molecule has 0 radical (unpaired) electrons. The Bertz CT molecular complexity index is 390. The number of hydrogen-bond acceptors (Lipinski definition) is 2. The van der Waals surface area contributed by atoms with Gasteiger partial charge in [-0.25, -0.2) is 4.39 Å². The van der Waals surface area contributed by atoms with Crippen molar-refractivity contribution < 1.29 is 9.13 Å². The Morgan fingerprint density at radius 2 is 2.27 bits per heavy atom. The Morgan fingerprint density at radius 1 is 1.60 bits per heavy atom. The van der Waals surface area contributed by atoms with Gasteiger partial charge in [-0.15, -0.1) is 0 Å². The number of nitrogen functional groups attached to an aromatic ring is 1. The van der Waals surface area contributed by atoms with Gasteiger partial charge in [-0.2, -0.15) is 0 Å². The molecule has 1 rings (SSSR count). The highest BCUT2D eigenvalue weighted by Gasteiger charge is 2.06. The molecule has 0 fully saturated rings. The van der Waals surface area contributed by atoms with Crippen LogP contribution in [0.2, 0.25) is 0 Å². The molecule has 0 atom stereocenters. The van der Waals surface area contributed by atoms with E-state index in [0.717, 1.165) is 11.1 Å². The van der Waals surface area contributed by atoms with Crippen LogP contribution in [-0.2, 0) is 0 Å². The van der Waals surface area contributed by atoms with Gasteiger partial charge in [0.2, 0.25) is 0 Å². The maximum absolute atomic E-state index is 13.3. The number of rotatable bonds is 3. The first-order valence-corrected chi connectivity index (χ1v) is 4.92. The van der Waals surface area contributed by atoms with E-state index in [4.69, 9.17) is 22.1 Å². The van der Waals surface area contributed by atoms with Crippen LogP contribution in [0, 0.1) is 12.7 Å². The SMILES string of the molecule is C/C(=C/Cl)COc1cc(C)c(N)cc1F. The summed E-state index contributed by atoms with van der Waals surface area (Å²) in [7, 11) is 0. The normalized spacial score (nSPS) is 11.6. The van der Waals surface area contributed by atoms with E-state index in [1.54, 1.807) is 19.9 Å². The Labute approximate surface area is 93.5 Å². The minimum atomic E-state index is -0.458. The summed E-state index contributed by atoms with van der Waals surface area (Å²) >= 11 is 5.46. The number of halogens is 2. The quantitative estimate of drug-likeness (QED) is 0.808. The Kier molecular flexibility index (Phi) is 3.97. The smallest absolute Gasteiger partial charge is 0.167 e. The van der Waals surface area contributed by atoms with E-state index >= 15 is 0 Å². The molecule has 0 saturated carbocycles. The first-order valence-electron chi connectivity index (χ1n) is 4.49. The molecule has 0 aliphatic rings. The third-order valence-corrected chi connectivity index (χ3v) is 2.33. The highest BCUT2D eigenvalue weighted by molar-refractivity contribution is 6.25. The van der Waals surface area contributed by atoms with Crippen LogP contribution in [0.25, 0.3) is 0 Å². The molecule has 0 spiro atoms. The number of nitrogens with two attached hydrogens (primary N) is 1. The number of anilines is 1. The summed E-state index contributed by atoms with van der Waals surface area (Å²) < 4.78 is 18.6. The average molecular weight is 230 g/mol. The van der Waals surface area contributed by atoms with Crippen LogP contribution in [-0.4, -0.2) is 6.61 Å². The van der Waals surface area contributed by atoms with Crippen LogP contribution in [0.15, 0.2) is 23.2 Å². The second kappa shape index (κ2) is 5.03. The number of ether oxygens (including phenoxy) is 1. The van der Waals surface area contributed by atoms with Crippen molar-refractivity contribution in [3.05, 3.63) is 34.6 Å². The molecule has 1 aromatic rings. The maximum atomic E-state index is 13.3. The van der Waals surface area contributed by atoms with E-state index < -0.39 is 5.82 Å². The van der Waals surface area contributed by atoms with Crippen molar-refractivity contribution in [2.45, 2.75) is 13.8 Å². The largest absolute Gasteiger partial charge is 0.486 e. The lowest BCUT2D eigenvalue weighted by Gasteiger charge is -2.09. The van der Waals surface area contributed by atoms with Gasteiger partial charge in [0.15, 0.2) is 11.6 Å². The van der Waals surface area contributed by atoms with Gasteiger partial charge in [-0.05, 0) is 31.1 Å². The second-order valence-electron chi connectivity index (χ2n) is 3.38. The molecule has 0 amide bonds. The van der Waals surface area contributed by atoms with Crippen LogP contribution in [0.5, 0.6) is 5.75 Å². The van der Waals surface area contributed by atoms with E-state index in [-0.39, 0.29) is 12.4 Å². The van der Waals surface area contributed by atoms with E-state index in [2.05, 4.69) is 0 Å². The van der Waals surface area contributed by atoms with Crippen molar-refractivity contribution >= 4 is 17.3 Å². The molecule has 15 heavy (non-hydrogen) atoms. The number of aryl methyl sites for hydroxylation is 1. The summed E-state index contributed by atoms with van der Waals surface area (Å²) in [5.74, 6) is -0.264. The van der Waals surface area contributed by atoms with Crippen molar-refractivity contribution in [3.8, 4) is 5.75 Å². The number of benzene rings is 1. The maximum Gasteiger partial charge on any atom is 0.167 e. The van der Waals surface area contributed by atoms with E-state index in [0.29, 0.717) is 5.69 Å². The monoisotopic (exact) mass is 229 g/mol. The zero-order valence-electron chi connectivity index (χ0n) is 8.68. The van der Waals surface area contributed by atoms with Crippen LogP contribution in [0.1, 0.15) is 12.5 Å². The summed E-state index contributed by atoms with van der Waals surface area (Å²) in [5.41, 5.74) is 8.98. The molecule has 2 nitrogen and oxygen atoms in total. The van der Waals surface area contributed by atoms with Gasteiger partial charge in [0.05, 0.1) is 0 Å². The lowest BCUT2D eigenvalue weighted by atomic mass is 10.2. The second-order valence-corrected chi connectivity index (χ2v) is 3.60. The van der Waals surface area contributed by atoms with Crippen molar-refractivity contribution in [2.24, 2.45) is 0 Å². The van der Waals surface area contributed by atoms with Crippen LogP contribution < -0.4 is 10.5 Å². The van der Waals surface area contributed by atoms with Crippen LogP contribution in [0.3, 0.4) is 0 Å². The van der Waals surface area contributed by atoms with Gasteiger partial charge in [0, 0.05) is 17.3 Å². The van der Waals surface area contributed by atoms with Gasteiger partial charge >= 0.3 is 0 Å². The van der Waals surface area contributed by atoms with Crippen molar-refractivity contribution in [3.63, 3.8) is 0 Å². The summed E-state index contributed by atoms with van der Waals surface area (Å²) in [6, 6.07) is 2.83. The minimum Gasteiger partial charge on any atom is -0.486 e. The van der Waals surface area contributed by atoms with Gasteiger partial charge in [-0.1, -0.05) is 11.6 Å². The molecule has 0 bridgehead atoms. The van der Waals surface area contributed by atoms with E-state index in [1.165, 1.54) is 11.6 Å². The van der Waals surface area contributed by atoms with Crippen molar-refractivity contribution in [1.82, 2.24) is 0 Å². The Morgan fingerprint density at radius 3 is 2.87 bits per heavy atom. The standard InChI is InChI=1S/C11H13ClFNO/c1-7(5-12)6-15-11-3-8(2)10(14)4-9(11)13/h3-5H,6,14H2,1-2H3/b7-5-. The molecule has 0 unspecified atom stereocenters. The molecule has 0 saturated heterocycles. The van der Waals surface area contributed by atoms with Gasteiger partial charge in [-0.3, -0.25) is 0 Å². The minimum absolute atomic E-state index is 0.194. The summed E-state index contributed by atoms with van der Waals surface area (Å²) in [4.78, 5) is 0. The predicted octanol–water partition coefficient (Wildman–Crippen LogP) is 3.24. The van der Waals surface area contributed by atoms with Crippen molar-refractivity contribution in [1.29, 1.82) is 0 Å². The molecular formula is C11H13ClFNO. The first-order chi connectivity index (χ1) is 7.04. The average Bonchev–Trinajstić information content (AvgIpc) is 2.21. The molecule has 0 heterocycles. The fourth-order valence-electron chi connectivity index (χ4n) is 1.00. The van der Waals surface area contributed by atoms with Gasteiger partial charge < -0.3 is 10.5 Å². The fraction of sp³-hybridized carbons (Fsp3) is 0.273. The van der Waals surface area contributed by atoms with Crippen LogP contribution >= 0.6 is 11.6 Å². The van der Waals surface area contributed by atoms with Gasteiger partial charge in [0.25, 0.3) is 0 Å². The topological polar surface area (TPSA) is 35.2 Å². The first kappa shape index (κ1) is 11.9. The predicted molar refractivity (Wildman–Crippen MR) is 60.7 cm³/mol. The van der Waals surface area contributed by atoms with Crippen molar-refractivity contribution in [2.75, 3.05) is 12.3 Å². The molecule has 2 N–H and O–H groups in total. The highest BCUT2D eigenvalue weighted by atomic mass is 35.5. The molecule has 82 valence electrons. The summed E-state index contributed by atoms with van der Waals surface area (Å²) in [6.07, 6.45) is 0. The molecule has 1 aromatic carbocycles. The summed E-state index contributed by atoms with van der Waals surface area (Å²) in [6.45, 7) is 3.87. The third-order valence-electron chi connectivity index (χ3n) is 1.96. The fourth-order valence-corrected chi connectivity index (χ4v) is 1.07. The third kappa shape index (κ3) is 3.13. The van der Waals surface area contributed by atoms with E-state index in [1.807, 2.05) is 0 Å². The summed E-state index contributed by atoms with van der Waals surface area (Å²) in [5, 5.41) is 0. The Hall–Kier alpha value is -1.22. The zero-order valence-corrected chi connectivity index (χ0v) is 9.44. The van der Waals surface area contributed by atoms with Gasteiger partial charge in [0.1, 0.15) is 6.61 Å². The molecular weight excluding hydrogens is 217 g/mol. The lowest BCUT2D eigenvalue weighted by Crippen LogP contribution is -2.01. The molecule has 4 heteroatoms. The number of hydrogen-bond donors (Lipinski definition) is 1. The van der Waals surface area contributed by atoms with Crippen LogP contribution in [0.4, 0.5) is 10.1 Å². The Balaban J connectivity index is 2.82. The zero-order chi connectivity index (χ0) is 11.4. The molecule has 0 aliphatic carbocycles. The molecule has 0 aliphatic heterocycles.